The summed E-state index contributed by atoms with van der Waals surface area (Å²) in [5, 5.41) is 2.45. The van der Waals surface area contributed by atoms with Crippen LogP contribution in [-0.4, -0.2) is 0 Å². The van der Waals surface area contributed by atoms with Gasteiger partial charge in [-0.15, -0.1) is 0 Å². The lowest BCUT2D eigenvalue weighted by Crippen LogP contribution is -2.16. The lowest BCUT2D eigenvalue weighted by Gasteiger charge is -2.28. The van der Waals surface area contributed by atoms with Crippen molar-refractivity contribution in [2.24, 2.45) is 0 Å². The quantitative estimate of drug-likeness (QED) is 0.176. The second-order valence-electron chi connectivity index (χ2n) is 17.9. The Kier molecular flexibility index (Phi) is 7.99. The minimum absolute atomic E-state index is 0.00384. The van der Waals surface area contributed by atoms with E-state index < -0.39 is 0 Å². The van der Waals surface area contributed by atoms with Gasteiger partial charge in [0, 0.05) is 38.8 Å². The van der Waals surface area contributed by atoms with Crippen molar-refractivity contribution >= 4 is 39.0 Å². The average molecular weight is 716 g/mol. The number of anilines is 3. The normalized spacial score (nSPS) is 13.6. The Hall–Kier alpha value is -5.86. The smallest absolute Gasteiger partial charge is 0.139 e. The van der Waals surface area contributed by atoms with E-state index in [1.165, 1.54) is 66.4 Å². The first-order chi connectivity index (χ1) is 26.3. The maximum atomic E-state index is 6.84. The summed E-state index contributed by atoms with van der Waals surface area (Å²) in [7, 11) is 0. The highest BCUT2D eigenvalue weighted by Gasteiger charge is 2.39. The van der Waals surface area contributed by atoms with Gasteiger partial charge in [-0.05, 0) is 109 Å². The zero-order valence-electron chi connectivity index (χ0n) is 33.3. The van der Waals surface area contributed by atoms with Crippen LogP contribution in [0.5, 0.6) is 0 Å². The summed E-state index contributed by atoms with van der Waals surface area (Å²) in [5.74, 6) is 0. The molecular formula is C53H49NO. The molecule has 0 unspecified atom stereocenters. The molecule has 1 aliphatic carbocycles. The first kappa shape index (κ1) is 34.9. The molecule has 1 aliphatic rings. The van der Waals surface area contributed by atoms with Crippen LogP contribution < -0.4 is 4.90 Å². The maximum Gasteiger partial charge on any atom is 0.139 e. The van der Waals surface area contributed by atoms with Crippen LogP contribution in [0.25, 0.3) is 55.3 Å². The van der Waals surface area contributed by atoms with E-state index in [1.54, 1.807) is 0 Å². The third-order valence-electron chi connectivity index (χ3n) is 11.8. The van der Waals surface area contributed by atoms with Crippen LogP contribution in [0.1, 0.15) is 77.6 Å². The van der Waals surface area contributed by atoms with Crippen LogP contribution in [0.15, 0.2) is 156 Å². The van der Waals surface area contributed by atoms with Gasteiger partial charge in [0.15, 0.2) is 0 Å². The summed E-state index contributed by atoms with van der Waals surface area (Å²) in [6.07, 6.45) is 0. The van der Waals surface area contributed by atoms with E-state index in [1.807, 2.05) is 0 Å². The van der Waals surface area contributed by atoms with Gasteiger partial charge in [0.25, 0.3) is 0 Å². The molecule has 0 radical (unpaired) electrons. The molecule has 2 heteroatoms. The second kappa shape index (κ2) is 12.6. The Balaban J connectivity index is 1.22. The lowest BCUT2D eigenvalue weighted by molar-refractivity contribution is 0.559. The molecule has 7 aromatic carbocycles. The van der Waals surface area contributed by atoms with E-state index in [2.05, 4.69) is 212 Å². The highest BCUT2D eigenvalue weighted by molar-refractivity contribution is 6.16. The highest BCUT2D eigenvalue weighted by Crippen LogP contribution is 2.55. The fourth-order valence-electron chi connectivity index (χ4n) is 8.63. The van der Waals surface area contributed by atoms with E-state index in [4.69, 9.17) is 4.42 Å². The van der Waals surface area contributed by atoms with Gasteiger partial charge in [0.05, 0.1) is 0 Å². The third kappa shape index (κ3) is 5.87. The summed E-state index contributed by atoms with van der Waals surface area (Å²) < 4.78 is 6.84. The van der Waals surface area contributed by atoms with Crippen LogP contribution in [0, 0.1) is 0 Å². The van der Waals surface area contributed by atoms with Crippen molar-refractivity contribution in [1.29, 1.82) is 0 Å². The highest BCUT2D eigenvalue weighted by atomic mass is 16.3. The van der Waals surface area contributed by atoms with Crippen LogP contribution in [0.4, 0.5) is 17.1 Å². The van der Waals surface area contributed by atoms with Crippen LogP contribution in [0.2, 0.25) is 0 Å². The van der Waals surface area contributed by atoms with Gasteiger partial charge in [0.2, 0.25) is 0 Å². The van der Waals surface area contributed by atoms with E-state index in [-0.39, 0.29) is 16.2 Å². The predicted octanol–water partition coefficient (Wildman–Crippen LogP) is 15.3. The maximum absolute atomic E-state index is 6.84. The Bertz CT molecular complexity index is 2620. The Morgan fingerprint density at radius 3 is 1.55 bits per heavy atom. The first-order valence-electron chi connectivity index (χ1n) is 19.6. The molecule has 55 heavy (non-hydrogen) atoms. The molecule has 8 aromatic rings. The number of rotatable bonds is 5. The van der Waals surface area contributed by atoms with Crippen molar-refractivity contribution in [1.82, 2.24) is 0 Å². The van der Waals surface area contributed by atoms with Crippen molar-refractivity contribution in [2.45, 2.75) is 71.6 Å². The average Bonchev–Trinajstić information content (AvgIpc) is 3.67. The molecular weight excluding hydrogens is 667 g/mol. The number of hydrogen-bond donors (Lipinski definition) is 0. The van der Waals surface area contributed by atoms with Gasteiger partial charge in [-0.3, -0.25) is 0 Å². The largest absolute Gasteiger partial charge is 0.456 e. The third-order valence-corrected chi connectivity index (χ3v) is 11.8. The van der Waals surface area contributed by atoms with Crippen LogP contribution in [-0.2, 0) is 16.2 Å². The SMILES string of the molecule is CC(C)(C)c1cc(C(C)(C)C)c2oc3ccc4c(c3c2c1)-c1ccc(N(c2ccc(-c3ccccc3)cc2)c2ccc(-c3ccccc3)cc2)cc1C4(C)C. The van der Waals surface area contributed by atoms with Crippen LogP contribution >= 0.6 is 0 Å². The molecule has 0 spiro atoms. The molecule has 1 heterocycles. The molecule has 272 valence electrons. The van der Waals surface area contributed by atoms with E-state index >= 15 is 0 Å². The van der Waals surface area contributed by atoms with E-state index in [9.17, 15) is 0 Å². The molecule has 0 saturated heterocycles. The zero-order chi connectivity index (χ0) is 38.3. The molecule has 0 fully saturated rings. The molecule has 0 saturated carbocycles. The van der Waals surface area contributed by atoms with Gasteiger partial charge in [-0.1, -0.05) is 159 Å². The number of furan rings is 1. The number of nitrogens with zero attached hydrogens (tertiary/aromatic N) is 1. The summed E-state index contributed by atoms with van der Waals surface area (Å²) in [4.78, 5) is 2.40. The fraction of sp³-hybridized carbons (Fsp3) is 0.208. The van der Waals surface area contributed by atoms with Crippen molar-refractivity contribution in [2.75, 3.05) is 4.90 Å². The molecule has 0 aliphatic heterocycles. The molecule has 0 atom stereocenters. The number of hydrogen-bond acceptors (Lipinski definition) is 2. The van der Waals surface area contributed by atoms with Crippen molar-refractivity contribution in [3.63, 3.8) is 0 Å². The standard InChI is InChI=1S/C53H49NO/c1-51(2,3)38-31-43-49-47(55-50(43)46(32-38)52(4,5)6)30-29-44-48(49)42-28-27-41(33-45(42)53(44,7)8)54(39-23-19-36(20-24-39)34-15-11-9-12-16-34)40-25-21-37(22-26-40)35-17-13-10-14-18-35/h9-33H,1-8H3. The predicted molar refractivity (Wildman–Crippen MR) is 234 cm³/mol. The van der Waals surface area contributed by atoms with E-state index in [0.29, 0.717) is 0 Å². The Labute approximate surface area is 326 Å². The molecule has 0 amide bonds. The Morgan fingerprint density at radius 1 is 0.491 bits per heavy atom. The van der Waals surface area contributed by atoms with Gasteiger partial charge >= 0.3 is 0 Å². The molecule has 1 aromatic heterocycles. The van der Waals surface area contributed by atoms with Gasteiger partial charge in [0.1, 0.15) is 11.2 Å². The monoisotopic (exact) mass is 715 g/mol. The van der Waals surface area contributed by atoms with Crippen molar-refractivity contribution < 1.29 is 4.42 Å². The summed E-state index contributed by atoms with van der Waals surface area (Å²) in [5.41, 5.74) is 17.8. The minimum Gasteiger partial charge on any atom is -0.456 e. The summed E-state index contributed by atoms with van der Waals surface area (Å²) >= 11 is 0. The van der Waals surface area contributed by atoms with E-state index in [0.717, 1.165) is 28.2 Å². The zero-order valence-corrected chi connectivity index (χ0v) is 33.3. The Morgan fingerprint density at radius 2 is 1.02 bits per heavy atom. The van der Waals surface area contributed by atoms with Gasteiger partial charge in [-0.25, -0.2) is 0 Å². The molecule has 9 rings (SSSR count). The topological polar surface area (TPSA) is 16.4 Å². The molecule has 0 N–H and O–H groups in total. The second-order valence-corrected chi connectivity index (χ2v) is 17.9. The summed E-state index contributed by atoms with van der Waals surface area (Å²) in [6, 6.07) is 55.6. The minimum atomic E-state index is -0.215. The molecule has 2 nitrogen and oxygen atoms in total. The lowest BCUT2D eigenvalue weighted by atomic mass is 9.79. The number of fused-ring (bicyclic) bond motifs is 7. The molecule has 0 bridgehead atoms. The van der Waals surface area contributed by atoms with Gasteiger partial charge in [-0.2, -0.15) is 0 Å². The summed E-state index contributed by atoms with van der Waals surface area (Å²) in [6.45, 7) is 18.6. The first-order valence-corrected chi connectivity index (χ1v) is 19.6. The fourth-order valence-corrected chi connectivity index (χ4v) is 8.63. The number of benzene rings is 7. The van der Waals surface area contributed by atoms with Gasteiger partial charge < -0.3 is 9.32 Å². The van der Waals surface area contributed by atoms with Crippen molar-refractivity contribution in [3.8, 4) is 33.4 Å². The van der Waals surface area contributed by atoms with Crippen molar-refractivity contribution in [3.05, 3.63) is 174 Å². The van der Waals surface area contributed by atoms with Crippen LogP contribution in [0.3, 0.4) is 0 Å².